The number of anilines is 3. The van der Waals surface area contributed by atoms with Gasteiger partial charge in [-0.3, -0.25) is 4.68 Å². The number of hydrogen-bond acceptors (Lipinski definition) is 8. The Morgan fingerprint density at radius 1 is 1.32 bits per heavy atom. The van der Waals surface area contributed by atoms with E-state index in [4.69, 9.17) is 14.6 Å². The third-order valence-corrected chi connectivity index (χ3v) is 5.45. The van der Waals surface area contributed by atoms with E-state index < -0.39 is 12.1 Å². The number of carbonyl (C=O) groups is 1. The molecule has 1 aromatic carbocycles. The number of H-pyrrole nitrogens is 1. The molecule has 3 aromatic heterocycles. The summed E-state index contributed by atoms with van der Waals surface area (Å²) >= 11 is 0. The molecular weight excluding hydrogens is 505 g/mol. The van der Waals surface area contributed by atoms with Crippen molar-refractivity contribution in [3.8, 4) is 23.1 Å². The van der Waals surface area contributed by atoms with E-state index in [2.05, 4.69) is 50.6 Å². The van der Waals surface area contributed by atoms with E-state index in [1.165, 1.54) is 0 Å². The topological polar surface area (TPSA) is 154 Å². The molecule has 0 aliphatic rings. The van der Waals surface area contributed by atoms with Gasteiger partial charge in [-0.15, -0.1) is 0 Å². The molecule has 3 heterocycles. The van der Waals surface area contributed by atoms with E-state index in [0.717, 1.165) is 23.4 Å². The Balaban J connectivity index is 0.000000505. The Morgan fingerprint density at radius 2 is 2.03 bits per heavy atom. The number of methoxy groups -OCH3 is 1. The molecule has 0 aliphatic carbocycles. The molecule has 0 amide bonds. The number of nitriles is 1. The second kappa shape index (κ2) is 11.5. The van der Waals surface area contributed by atoms with Crippen LogP contribution >= 0.6 is 0 Å². The van der Waals surface area contributed by atoms with E-state index in [1.807, 2.05) is 36.0 Å². The van der Waals surface area contributed by atoms with Gasteiger partial charge in [0.25, 0.3) is 0 Å². The number of nitrogens with zero attached hydrogens (tertiary/aromatic N) is 5. The van der Waals surface area contributed by atoms with Crippen LogP contribution in [0.4, 0.5) is 30.6 Å². The van der Waals surface area contributed by atoms with E-state index in [9.17, 15) is 18.4 Å². The van der Waals surface area contributed by atoms with Gasteiger partial charge >= 0.3 is 12.1 Å². The number of rotatable bonds is 7. The number of aliphatic carboxylic acids is 1. The van der Waals surface area contributed by atoms with E-state index in [0.29, 0.717) is 34.1 Å². The fourth-order valence-corrected chi connectivity index (χ4v) is 3.35. The molecule has 0 aliphatic heterocycles. The first-order valence-electron chi connectivity index (χ1n) is 11.3. The van der Waals surface area contributed by atoms with Gasteiger partial charge in [0.1, 0.15) is 23.3 Å². The number of aromatic nitrogens is 5. The largest absolute Gasteiger partial charge is 0.495 e. The van der Waals surface area contributed by atoms with Crippen LogP contribution in [0.15, 0.2) is 36.7 Å². The number of carboxylic acids is 1. The zero-order valence-electron chi connectivity index (χ0n) is 20.9. The first-order valence-corrected chi connectivity index (χ1v) is 11.3. The van der Waals surface area contributed by atoms with Crippen molar-refractivity contribution >= 4 is 34.5 Å². The Labute approximate surface area is 215 Å². The van der Waals surface area contributed by atoms with Crippen LogP contribution in [0.5, 0.6) is 5.75 Å². The first kappa shape index (κ1) is 27.8. The number of hydrogen-bond donors (Lipinski definition) is 4. The number of ether oxygens (including phenoxy) is 1. The summed E-state index contributed by atoms with van der Waals surface area (Å²) in [5, 5.41) is 28.1. The fourth-order valence-electron chi connectivity index (χ4n) is 3.35. The van der Waals surface area contributed by atoms with Crippen molar-refractivity contribution in [1.29, 1.82) is 5.26 Å². The van der Waals surface area contributed by atoms with Crippen LogP contribution in [0.25, 0.3) is 22.3 Å². The molecule has 0 fully saturated rings. The minimum atomic E-state index is -5.08. The van der Waals surface area contributed by atoms with Gasteiger partial charge in [0, 0.05) is 31.0 Å². The highest BCUT2D eigenvalue weighted by Gasteiger charge is 2.38. The number of nitrogens with one attached hydrogen (secondary N) is 3. The van der Waals surface area contributed by atoms with Crippen LogP contribution in [-0.2, 0) is 11.8 Å². The maximum Gasteiger partial charge on any atom is 0.490 e. The zero-order chi connectivity index (χ0) is 28.0. The lowest BCUT2D eigenvalue weighted by atomic mass is 10.1. The molecule has 0 saturated carbocycles. The number of aromatic amines is 1. The second-order valence-electron chi connectivity index (χ2n) is 8.07. The lowest BCUT2D eigenvalue weighted by Crippen LogP contribution is -2.21. The molecular formula is C24H25F3N8O3. The number of fused-ring (bicyclic) bond motifs is 1. The quantitative estimate of drug-likeness (QED) is 0.263. The first-order chi connectivity index (χ1) is 18.0. The highest BCUT2D eigenvalue weighted by Crippen LogP contribution is 2.33. The average Bonchev–Trinajstić information content (AvgIpc) is 3.50. The van der Waals surface area contributed by atoms with Crippen molar-refractivity contribution in [3.05, 3.63) is 42.2 Å². The summed E-state index contributed by atoms with van der Waals surface area (Å²) in [6.07, 6.45) is -0.757. The van der Waals surface area contributed by atoms with Crippen LogP contribution in [0.1, 0.15) is 25.8 Å². The molecule has 0 unspecified atom stereocenters. The Morgan fingerprint density at radius 3 is 2.58 bits per heavy atom. The molecule has 200 valence electrons. The van der Waals surface area contributed by atoms with Gasteiger partial charge in [-0.05, 0) is 31.5 Å². The molecule has 0 radical (unpaired) electrons. The van der Waals surface area contributed by atoms with Gasteiger partial charge in [-0.25, -0.2) is 4.79 Å². The van der Waals surface area contributed by atoms with Gasteiger partial charge in [-0.1, -0.05) is 13.0 Å². The average molecular weight is 531 g/mol. The van der Waals surface area contributed by atoms with E-state index in [-0.39, 0.29) is 6.04 Å². The third-order valence-electron chi connectivity index (χ3n) is 5.45. The SMILES string of the molecule is CC[C@H](C)Nc1nc(Nc2ccc(-c3ccnn3C)cc2OC)nc2[nH]cc(C#N)c12.O=C(O)C(F)(F)F. The summed E-state index contributed by atoms with van der Waals surface area (Å²) in [4.78, 5) is 21.2. The Bertz CT molecular complexity index is 1470. The molecule has 4 N–H and O–H groups in total. The van der Waals surface area contributed by atoms with Crippen molar-refractivity contribution in [2.75, 3.05) is 17.7 Å². The number of benzene rings is 1. The van der Waals surface area contributed by atoms with Gasteiger partial charge in [0.15, 0.2) is 0 Å². The number of aryl methyl sites for hydroxylation is 1. The van der Waals surface area contributed by atoms with Crippen LogP contribution in [0.2, 0.25) is 0 Å². The molecule has 0 spiro atoms. The van der Waals surface area contributed by atoms with Crippen LogP contribution in [0, 0.1) is 11.3 Å². The lowest BCUT2D eigenvalue weighted by molar-refractivity contribution is -0.192. The molecule has 0 saturated heterocycles. The summed E-state index contributed by atoms with van der Waals surface area (Å²) in [6, 6.07) is 10.2. The summed E-state index contributed by atoms with van der Waals surface area (Å²) in [5.74, 6) is -1.09. The normalized spacial score (nSPS) is 11.7. The monoisotopic (exact) mass is 530 g/mol. The predicted molar refractivity (Wildman–Crippen MR) is 134 cm³/mol. The van der Waals surface area contributed by atoms with Crippen LogP contribution in [-0.4, -0.2) is 55.1 Å². The maximum atomic E-state index is 10.6. The summed E-state index contributed by atoms with van der Waals surface area (Å²) < 4.78 is 39.1. The molecule has 4 aromatic rings. The smallest absolute Gasteiger partial charge is 0.490 e. The standard InChI is InChI=1S/C22H24N8O.C2HF3O2/c1-5-13(2)26-21-19-15(11-23)12-24-20(19)28-22(29-21)27-16-7-6-14(10-18(16)31-4)17-8-9-25-30(17)3;3-2(4,5)1(6)7/h6-10,12-13H,5H2,1-4H3,(H3,24,26,27,28,29);(H,6,7)/t13-;/m0./s1. The Kier molecular flexibility index (Phi) is 8.41. The van der Waals surface area contributed by atoms with Gasteiger partial charge in [-0.2, -0.15) is 33.5 Å². The fraction of sp³-hybridized carbons (Fsp3) is 0.292. The number of carboxylic acid groups (broad SMARTS) is 1. The van der Waals surface area contributed by atoms with Crippen molar-refractivity contribution < 1.29 is 27.8 Å². The molecule has 14 heteroatoms. The molecule has 0 bridgehead atoms. The highest BCUT2D eigenvalue weighted by atomic mass is 19.4. The molecule has 1 atom stereocenters. The summed E-state index contributed by atoms with van der Waals surface area (Å²) in [6.45, 7) is 4.16. The summed E-state index contributed by atoms with van der Waals surface area (Å²) in [5.41, 5.74) is 3.80. The minimum absolute atomic E-state index is 0.195. The second-order valence-corrected chi connectivity index (χ2v) is 8.07. The molecule has 38 heavy (non-hydrogen) atoms. The van der Waals surface area contributed by atoms with E-state index in [1.54, 1.807) is 19.5 Å². The summed E-state index contributed by atoms with van der Waals surface area (Å²) in [7, 11) is 3.52. The Hall–Kier alpha value is -4.80. The molecule has 11 nitrogen and oxygen atoms in total. The van der Waals surface area contributed by atoms with Crippen molar-refractivity contribution in [3.63, 3.8) is 0 Å². The van der Waals surface area contributed by atoms with Crippen molar-refractivity contribution in [2.45, 2.75) is 32.5 Å². The number of halogens is 3. The predicted octanol–water partition coefficient (Wildman–Crippen LogP) is 4.83. The third kappa shape index (κ3) is 6.30. The lowest BCUT2D eigenvalue weighted by Gasteiger charge is -2.16. The minimum Gasteiger partial charge on any atom is -0.495 e. The maximum absolute atomic E-state index is 10.6. The van der Waals surface area contributed by atoms with Crippen molar-refractivity contribution in [1.82, 2.24) is 24.7 Å². The highest BCUT2D eigenvalue weighted by molar-refractivity contribution is 5.93. The van der Waals surface area contributed by atoms with E-state index >= 15 is 0 Å². The van der Waals surface area contributed by atoms with Crippen LogP contribution in [0.3, 0.4) is 0 Å². The van der Waals surface area contributed by atoms with Gasteiger partial charge in [0.2, 0.25) is 5.95 Å². The van der Waals surface area contributed by atoms with Gasteiger partial charge < -0.3 is 25.5 Å². The van der Waals surface area contributed by atoms with Crippen molar-refractivity contribution in [2.24, 2.45) is 7.05 Å². The zero-order valence-corrected chi connectivity index (χ0v) is 20.9. The van der Waals surface area contributed by atoms with Gasteiger partial charge in [0.05, 0.1) is 29.4 Å². The molecule has 4 rings (SSSR count). The number of alkyl halides is 3. The van der Waals surface area contributed by atoms with Crippen LogP contribution < -0.4 is 15.4 Å².